The van der Waals surface area contributed by atoms with Crippen molar-refractivity contribution < 1.29 is 4.79 Å². The number of imidazole rings is 1. The number of ketones is 1. The number of aromatic nitrogens is 2. The summed E-state index contributed by atoms with van der Waals surface area (Å²) < 4.78 is 0. The molecule has 0 aliphatic carbocycles. The Labute approximate surface area is 79.8 Å². The van der Waals surface area contributed by atoms with Crippen LogP contribution in [0, 0.1) is 13.8 Å². The van der Waals surface area contributed by atoms with E-state index in [1.54, 1.807) is 11.3 Å². The number of aryl methyl sites for hydroxylation is 2. The highest BCUT2D eigenvalue weighted by atomic mass is 32.1. The van der Waals surface area contributed by atoms with Crippen molar-refractivity contribution in [1.29, 1.82) is 0 Å². The molecular formula is C9H10N2OS. The van der Waals surface area contributed by atoms with Crippen molar-refractivity contribution in [2.45, 2.75) is 20.8 Å². The lowest BCUT2D eigenvalue weighted by atomic mass is 10.3. The monoisotopic (exact) mass is 194 g/mol. The Bertz CT molecular complexity index is 481. The number of hydrogen-bond acceptors (Lipinski definition) is 3. The van der Waals surface area contributed by atoms with Crippen LogP contribution in [0.15, 0.2) is 0 Å². The molecule has 0 unspecified atom stereocenters. The molecule has 68 valence electrons. The van der Waals surface area contributed by atoms with Crippen molar-refractivity contribution in [2.24, 2.45) is 0 Å². The molecule has 0 aliphatic rings. The van der Waals surface area contributed by atoms with Crippen molar-refractivity contribution in [1.82, 2.24) is 9.97 Å². The largest absolute Gasteiger partial charge is 0.335 e. The Morgan fingerprint density at radius 1 is 1.46 bits per heavy atom. The Morgan fingerprint density at radius 3 is 2.69 bits per heavy atom. The maximum Gasteiger partial charge on any atom is 0.195 e. The number of thiophene rings is 1. The highest BCUT2D eigenvalue weighted by Crippen LogP contribution is 2.27. The summed E-state index contributed by atoms with van der Waals surface area (Å²) >= 11 is 1.62. The molecule has 0 amide bonds. The molecule has 0 aromatic carbocycles. The Balaban J connectivity index is 2.72. The number of carbonyl (C=O) groups excluding carboxylic acids is 1. The van der Waals surface area contributed by atoms with E-state index in [4.69, 9.17) is 0 Å². The van der Waals surface area contributed by atoms with Gasteiger partial charge >= 0.3 is 0 Å². The van der Waals surface area contributed by atoms with E-state index in [0.29, 0.717) is 5.82 Å². The Morgan fingerprint density at radius 2 is 2.15 bits per heavy atom. The lowest BCUT2D eigenvalue weighted by Gasteiger charge is -1.88. The fourth-order valence-corrected chi connectivity index (χ4v) is 2.24. The third kappa shape index (κ3) is 1.18. The molecule has 0 saturated heterocycles. The molecule has 0 radical (unpaired) electrons. The summed E-state index contributed by atoms with van der Waals surface area (Å²) in [6.07, 6.45) is 0. The first-order valence-electron chi connectivity index (χ1n) is 4.06. The van der Waals surface area contributed by atoms with Crippen LogP contribution in [0.2, 0.25) is 0 Å². The van der Waals surface area contributed by atoms with Crippen LogP contribution in [0.5, 0.6) is 0 Å². The van der Waals surface area contributed by atoms with Gasteiger partial charge in [-0.3, -0.25) is 4.79 Å². The summed E-state index contributed by atoms with van der Waals surface area (Å²) in [5.74, 6) is 0.449. The summed E-state index contributed by atoms with van der Waals surface area (Å²) in [6.45, 7) is 5.61. The summed E-state index contributed by atoms with van der Waals surface area (Å²) in [4.78, 5) is 20.4. The highest BCUT2D eigenvalue weighted by Gasteiger charge is 2.12. The molecule has 0 aliphatic heterocycles. The topological polar surface area (TPSA) is 45.8 Å². The van der Waals surface area contributed by atoms with Gasteiger partial charge in [-0.05, 0) is 19.4 Å². The SMILES string of the molecule is CC(=O)c1nc2sc(C)c(C)c2[nH]1. The average Bonchev–Trinajstić information content (AvgIpc) is 2.55. The van der Waals surface area contributed by atoms with E-state index >= 15 is 0 Å². The van der Waals surface area contributed by atoms with Crippen molar-refractivity contribution in [2.75, 3.05) is 0 Å². The molecule has 1 N–H and O–H groups in total. The molecular weight excluding hydrogens is 184 g/mol. The molecule has 4 heteroatoms. The van der Waals surface area contributed by atoms with Crippen molar-refractivity contribution in [3.8, 4) is 0 Å². The van der Waals surface area contributed by atoms with E-state index in [1.165, 1.54) is 17.4 Å². The first-order chi connectivity index (χ1) is 6.09. The van der Waals surface area contributed by atoms with Crippen LogP contribution in [-0.4, -0.2) is 15.8 Å². The molecule has 2 rings (SSSR count). The quantitative estimate of drug-likeness (QED) is 0.709. The van der Waals surface area contributed by atoms with Gasteiger partial charge in [-0.25, -0.2) is 4.98 Å². The molecule has 0 atom stereocenters. The second-order valence-corrected chi connectivity index (χ2v) is 4.31. The molecule has 0 fully saturated rings. The summed E-state index contributed by atoms with van der Waals surface area (Å²) in [5.41, 5.74) is 2.20. The zero-order valence-electron chi connectivity index (χ0n) is 7.76. The number of fused-ring (bicyclic) bond motifs is 1. The second-order valence-electron chi connectivity index (χ2n) is 3.10. The number of rotatable bonds is 1. The average molecular weight is 194 g/mol. The zero-order chi connectivity index (χ0) is 9.59. The second kappa shape index (κ2) is 2.67. The van der Waals surface area contributed by atoms with E-state index in [9.17, 15) is 4.79 Å². The molecule has 2 aromatic rings. The van der Waals surface area contributed by atoms with Crippen LogP contribution in [0.25, 0.3) is 10.3 Å². The minimum Gasteiger partial charge on any atom is -0.335 e. The number of H-pyrrole nitrogens is 1. The fourth-order valence-electron chi connectivity index (χ4n) is 1.25. The summed E-state index contributed by atoms with van der Waals surface area (Å²) in [5, 5.41) is 0. The molecule has 2 heterocycles. The van der Waals surface area contributed by atoms with E-state index in [0.717, 1.165) is 10.3 Å². The van der Waals surface area contributed by atoms with Gasteiger partial charge in [-0.15, -0.1) is 11.3 Å². The molecule has 0 spiro atoms. The molecule has 3 nitrogen and oxygen atoms in total. The summed E-state index contributed by atoms with van der Waals surface area (Å²) in [7, 11) is 0. The van der Waals surface area contributed by atoms with Crippen molar-refractivity contribution >= 4 is 27.5 Å². The standard InChI is InChI=1S/C9H10N2OS/c1-4-6(3)13-9-7(4)10-8(11-9)5(2)12/h1-3H3,(H,10,11). The molecule has 0 saturated carbocycles. The van der Waals surface area contributed by atoms with Crippen LogP contribution in [0.1, 0.15) is 28.0 Å². The maximum atomic E-state index is 11.0. The van der Waals surface area contributed by atoms with Gasteiger partial charge in [0.15, 0.2) is 11.6 Å². The third-order valence-corrected chi connectivity index (χ3v) is 3.26. The molecule has 0 bridgehead atoms. The number of Topliss-reactive ketones (excluding diaryl/α,β-unsaturated/α-hetero) is 1. The van der Waals surface area contributed by atoms with Crippen LogP contribution in [0.4, 0.5) is 0 Å². The zero-order valence-corrected chi connectivity index (χ0v) is 8.58. The minimum atomic E-state index is -0.0135. The number of aromatic amines is 1. The van der Waals surface area contributed by atoms with Crippen molar-refractivity contribution in [3.63, 3.8) is 0 Å². The van der Waals surface area contributed by atoms with E-state index in [1.807, 2.05) is 6.92 Å². The van der Waals surface area contributed by atoms with Crippen LogP contribution in [0.3, 0.4) is 0 Å². The third-order valence-electron chi connectivity index (χ3n) is 2.16. The van der Waals surface area contributed by atoms with Gasteiger partial charge in [0, 0.05) is 11.8 Å². The number of nitrogens with one attached hydrogen (secondary N) is 1. The maximum absolute atomic E-state index is 11.0. The Hall–Kier alpha value is -1.16. The van der Waals surface area contributed by atoms with Crippen LogP contribution in [-0.2, 0) is 0 Å². The van der Waals surface area contributed by atoms with Gasteiger partial charge in [-0.1, -0.05) is 0 Å². The smallest absolute Gasteiger partial charge is 0.195 e. The van der Waals surface area contributed by atoms with Gasteiger partial charge in [0.1, 0.15) is 4.83 Å². The van der Waals surface area contributed by atoms with Gasteiger partial charge in [0.05, 0.1) is 5.52 Å². The van der Waals surface area contributed by atoms with Crippen LogP contribution >= 0.6 is 11.3 Å². The summed E-state index contributed by atoms with van der Waals surface area (Å²) in [6, 6.07) is 0. The number of hydrogen-bond donors (Lipinski definition) is 1. The normalized spacial score (nSPS) is 11.0. The minimum absolute atomic E-state index is 0.0135. The van der Waals surface area contributed by atoms with Gasteiger partial charge in [-0.2, -0.15) is 0 Å². The van der Waals surface area contributed by atoms with E-state index < -0.39 is 0 Å². The lowest BCUT2D eigenvalue weighted by molar-refractivity contribution is 0.100. The van der Waals surface area contributed by atoms with E-state index in [2.05, 4.69) is 16.9 Å². The number of carbonyl (C=O) groups is 1. The molecule has 2 aromatic heterocycles. The van der Waals surface area contributed by atoms with Gasteiger partial charge in [0.2, 0.25) is 0 Å². The van der Waals surface area contributed by atoms with Gasteiger partial charge < -0.3 is 4.98 Å². The predicted molar refractivity (Wildman–Crippen MR) is 53.4 cm³/mol. The highest BCUT2D eigenvalue weighted by molar-refractivity contribution is 7.18. The first kappa shape index (κ1) is 8.44. The van der Waals surface area contributed by atoms with Crippen molar-refractivity contribution in [3.05, 3.63) is 16.3 Å². The lowest BCUT2D eigenvalue weighted by Crippen LogP contribution is -1.93. The number of nitrogens with zero attached hydrogens (tertiary/aromatic N) is 1. The van der Waals surface area contributed by atoms with Gasteiger partial charge in [0.25, 0.3) is 0 Å². The van der Waals surface area contributed by atoms with E-state index in [-0.39, 0.29) is 5.78 Å². The predicted octanol–water partition coefficient (Wildman–Crippen LogP) is 2.44. The first-order valence-corrected chi connectivity index (χ1v) is 4.88. The Kier molecular flexibility index (Phi) is 1.73. The van der Waals surface area contributed by atoms with Crippen LogP contribution < -0.4 is 0 Å². The fraction of sp³-hybridized carbons (Fsp3) is 0.333. The molecule has 13 heavy (non-hydrogen) atoms.